The van der Waals surface area contributed by atoms with Crippen LogP contribution in [-0.2, 0) is 26.2 Å². The molecule has 184 valence electrons. The van der Waals surface area contributed by atoms with Crippen molar-refractivity contribution in [2.75, 3.05) is 20.7 Å². The summed E-state index contributed by atoms with van der Waals surface area (Å²) in [6.07, 6.45) is 1.47. The van der Waals surface area contributed by atoms with E-state index in [4.69, 9.17) is 13.9 Å². The summed E-state index contributed by atoms with van der Waals surface area (Å²) in [7, 11) is -0.971. The highest BCUT2D eigenvalue weighted by Crippen LogP contribution is 2.25. The standard InChI is InChI=1S/C25H27N3O6S/c1-6-32-22-9-7-21(8-10-22)28-17(2)13-19(18(28)3)14-20(15-26)25(29)33-16-23-11-12-24(34-23)35(30,31)27(4)5/h7-14H,6,16H2,1-5H3/b20-14-. The molecule has 0 aliphatic carbocycles. The maximum atomic E-state index is 12.5. The van der Waals surface area contributed by atoms with E-state index in [1.165, 1.54) is 32.3 Å². The number of furan rings is 1. The summed E-state index contributed by atoms with van der Waals surface area (Å²) >= 11 is 0. The Balaban J connectivity index is 1.77. The van der Waals surface area contributed by atoms with Crippen molar-refractivity contribution in [1.82, 2.24) is 8.87 Å². The third-order valence-corrected chi connectivity index (χ3v) is 6.92. The van der Waals surface area contributed by atoms with E-state index in [0.29, 0.717) is 12.2 Å². The van der Waals surface area contributed by atoms with E-state index in [1.807, 2.05) is 61.7 Å². The van der Waals surface area contributed by atoms with Crippen molar-refractivity contribution < 1.29 is 27.1 Å². The Hall–Kier alpha value is -3.81. The number of carbonyl (C=O) groups is 1. The second kappa shape index (κ2) is 10.6. The molecule has 0 saturated heterocycles. The highest BCUT2D eigenvalue weighted by Gasteiger charge is 2.22. The average molecular weight is 498 g/mol. The van der Waals surface area contributed by atoms with Crippen molar-refractivity contribution in [3.05, 3.63) is 70.7 Å². The average Bonchev–Trinajstić information content (AvgIpc) is 3.41. The molecule has 0 radical (unpaired) electrons. The molecule has 1 aromatic carbocycles. The first kappa shape index (κ1) is 25.8. The van der Waals surface area contributed by atoms with Crippen molar-refractivity contribution in [3.63, 3.8) is 0 Å². The zero-order chi connectivity index (χ0) is 25.8. The first-order valence-electron chi connectivity index (χ1n) is 10.8. The summed E-state index contributed by atoms with van der Waals surface area (Å²) in [6, 6.07) is 14.1. The van der Waals surface area contributed by atoms with Crippen LogP contribution in [0.5, 0.6) is 5.75 Å². The minimum atomic E-state index is -3.74. The molecule has 0 amide bonds. The number of rotatable bonds is 9. The molecule has 2 heterocycles. The van der Waals surface area contributed by atoms with E-state index >= 15 is 0 Å². The molecule has 0 N–H and O–H groups in total. The van der Waals surface area contributed by atoms with Crippen LogP contribution >= 0.6 is 0 Å². The third kappa shape index (κ3) is 5.65. The van der Waals surface area contributed by atoms with Gasteiger partial charge < -0.3 is 18.5 Å². The number of esters is 1. The Morgan fingerprint density at radius 1 is 1.17 bits per heavy atom. The number of sulfonamides is 1. The van der Waals surface area contributed by atoms with Gasteiger partial charge >= 0.3 is 5.97 Å². The van der Waals surface area contributed by atoms with Crippen molar-refractivity contribution in [2.24, 2.45) is 0 Å². The lowest BCUT2D eigenvalue weighted by Crippen LogP contribution is -2.21. The van der Waals surface area contributed by atoms with Crippen LogP contribution in [-0.4, -0.2) is 44.0 Å². The minimum Gasteiger partial charge on any atom is -0.494 e. The SMILES string of the molecule is CCOc1ccc(-n2c(C)cc(/C=C(/C#N)C(=O)OCc3ccc(S(=O)(=O)N(C)C)o3)c2C)cc1. The summed E-state index contributed by atoms with van der Waals surface area (Å²) in [5.41, 5.74) is 3.20. The molecule has 0 atom stereocenters. The number of ether oxygens (including phenoxy) is 2. The predicted molar refractivity (Wildman–Crippen MR) is 129 cm³/mol. The topological polar surface area (TPSA) is 115 Å². The van der Waals surface area contributed by atoms with Crippen molar-refractivity contribution in [2.45, 2.75) is 32.5 Å². The lowest BCUT2D eigenvalue weighted by molar-refractivity contribution is -0.140. The Kier molecular flexibility index (Phi) is 7.84. The van der Waals surface area contributed by atoms with Crippen LogP contribution in [0.4, 0.5) is 0 Å². The fraction of sp³-hybridized carbons (Fsp3) is 0.280. The normalized spacial score (nSPS) is 12.0. The van der Waals surface area contributed by atoms with Crippen LogP contribution in [0.25, 0.3) is 11.8 Å². The molecule has 0 unspecified atom stereocenters. The van der Waals surface area contributed by atoms with Gasteiger partial charge in [-0.2, -0.15) is 5.26 Å². The second-order valence-electron chi connectivity index (χ2n) is 7.84. The van der Waals surface area contributed by atoms with Gasteiger partial charge in [0.25, 0.3) is 10.0 Å². The molecule has 2 aromatic heterocycles. The Bertz CT molecular complexity index is 1390. The van der Waals surface area contributed by atoms with Crippen LogP contribution in [0.2, 0.25) is 0 Å². The second-order valence-corrected chi connectivity index (χ2v) is 9.93. The van der Waals surface area contributed by atoms with Crippen molar-refractivity contribution >= 4 is 22.1 Å². The summed E-state index contributed by atoms with van der Waals surface area (Å²) in [4.78, 5) is 12.5. The van der Waals surface area contributed by atoms with E-state index in [1.54, 1.807) is 0 Å². The smallest absolute Gasteiger partial charge is 0.349 e. The van der Waals surface area contributed by atoms with Gasteiger partial charge in [0.15, 0.2) is 0 Å². The van der Waals surface area contributed by atoms with Crippen LogP contribution < -0.4 is 4.74 Å². The Labute approximate surface area is 204 Å². The third-order valence-electron chi connectivity index (χ3n) is 5.23. The maximum absolute atomic E-state index is 12.5. The van der Waals surface area contributed by atoms with Gasteiger partial charge in [-0.05, 0) is 74.9 Å². The summed E-state index contributed by atoms with van der Waals surface area (Å²) in [6.45, 7) is 6.02. The number of nitrogens with zero attached hydrogens (tertiary/aromatic N) is 3. The van der Waals surface area contributed by atoms with Gasteiger partial charge in [0, 0.05) is 31.2 Å². The Morgan fingerprint density at radius 2 is 1.86 bits per heavy atom. The highest BCUT2D eigenvalue weighted by molar-refractivity contribution is 7.88. The van der Waals surface area contributed by atoms with E-state index in [9.17, 15) is 18.5 Å². The van der Waals surface area contributed by atoms with Crippen LogP contribution in [0.1, 0.15) is 29.6 Å². The number of carbonyl (C=O) groups excluding carboxylic acids is 1. The number of hydrogen-bond acceptors (Lipinski definition) is 7. The summed E-state index contributed by atoms with van der Waals surface area (Å²) < 4.78 is 43.2. The first-order chi connectivity index (χ1) is 16.6. The van der Waals surface area contributed by atoms with Crippen molar-refractivity contribution in [3.8, 4) is 17.5 Å². The quantitative estimate of drug-likeness (QED) is 0.249. The molecule has 3 rings (SSSR count). The van der Waals surface area contributed by atoms with Gasteiger partial charge in [-0.3, -0.25) is 0 Å². The molecule has 9 nitrogen and oxygen atoms in total. The number of hydrogen-bond donors (Lipinski definition) is 0. The lowest BCUT2D eigenvalue weighted by Gasteiger charge is -2.11. The molecule has 0 aliphatic heterocycles. The van der Waals surface area contributed by atoms with E-state index in [0.717, 1.165) is 27.1 Å². The first-order valence-corrected chi connectivity index (χ1v) is 12.2. The van der Waals surface area contributed by atoms with Gasteiger partial charge in [0.1, 0.15) is 29.8 Å². The number of nitriles is 1. The zero-order valence-electron chi connectivity index (χ0n) is 20.2. The number of aryl methyl sites for hydroxylation is 1. The molecular formula is C25H27N3O6S. The number of benzene rings is 1. The van der Waals surface area contributed by atoms with Gasteiger partial charge in [0.2, 0.25) is 5.09 Å². The van der Waals surface area contributed by atoms with Crippen LogP contribution in [0.3, 0.4) is 0 Å². The van der Waals surface area contributed by atoms with Crippen LogP contribution in [0, 0.1) is 25.2 Å². The number of aromatic nitrogens is 1. The molecule has 0 aliphatic rings. The zero-order valence-corrected chi connectivity index (χ0v) is 21.0. The van der Waals surface area contributed by atoms with E-state index in [2.05, 4.69) is 0 Å². The monoisotopic (exact) mass is 497 g/mol. The predicted octanol–water partition coefficient (Wildman–Crippen LogP) is 3.99. The molecule has 10 heteroatoms. The highest BCUT2D eigenvalue weighted by atomic mass is 32.2. The summed E-state index contributed by atoms with van der Waals surface area (Å²) in [5, 5.41) is 9.29. The fourth-order valence-electron chi connectivity index (χ4n) is 3.45. The molecule has 3 aromatic rings. The van der Waals surface area contributed by atoms with E-state index < -0.39 is 16.0 Å². The molecular weight excluding hydrogens is 470 g/mol. The lowest BCUT2D eigenvalue weighted by atomic mass is 10.1. The largest absolute Gasteiger partial charge is 0.494 e. The molecule has 0 fully saturated rings. The molecule has 35 heavy (non-hydrogen) atoms. The summed E-state index contributed by atoms with van der Waals surface area (Å²) in [5.74, 6) is 0.0767. The van der Waals surface area contributed by atoms with Gasteiger partial charge in [0.05, 0.1) is 6.61 Å². The van der Waals surface area contributed by atoms with Crippen molar-refractivity contribution in [1.29, 1.82) is 5.26 Å². The molecule has 0 saturated carbocycles. The van der Waals surface area contributed by atoms with E-state index in [-0.39, 0.29) is 23.0 Å². The molecule has 0 spiro atoms. The van der Waals surface area contributed by atoms with Gasteiger partial charge in [-0.1, -0.05) is 0 Å². The van der Waals surface area contributed by atoms with Crippen LogP contribution in [0.15, 0.2) is 57.5 Å². The Morgan fingerprint density at radius 3 is 2.46 bits per heavy atom. The van der Waals surface area contributed by atoms with Gasteiger partial charge in [-0.25, -0.2) is 17.5 Å². The maximum Gasteiger partial charge on any atom is 0.349 e. The molecule has 0 bridgehead atoms. The fourth-order valence-corrected chi connectivity index (χ4v) is 4.26. The minimum absolute atomic E-state index is 0.143. The van der Waals surface area contributed by atoms with Gasteiger partial charge in [-0.15, -0.1) is 0 Å².